The van der Waals surface area contributed by atoms with Crippen molar-refractivity contribution in [3.8, 4) is 0 Å². The van der Waals surface area contributed by atoms with Crippen molar-refractivity contribution in [3.05, 3.63) is 47.0 Å². The van der Waals surface area contributed by atoms with Crippen LogP contribution in [0.25, 0.3) is 11.1 Å². The lowest BCUT2D eigenvalue weighted by Crippen LogP contribution is -2.02. The van der Waals surface area contributed by atoms with E-state index < -0.39 is 0 Å². The number of methoxy groups -OCH3 is 1. The van der Waals surface area contributed by atoms with E-state index in [0.717, 1.165) is 27.8 Å². The van der Waals surface area contributed by atoms with Crippen molar-refractivity contribution in [1.29, 1.82) is 0 Å². The zero-order chi connectivity index (χ0) is 13.8. The zero-order valence-electron chi connectivity index (χ0n) is 11.0. The fourth-order valence-corrected chi connectivity index (χ4v) is 2.37. The summed E-state index contributed by atoms with van der Waals surface area (Å²) >= 11 is 0. The van der Waals surface area contributed by atoms with Gasteiger partial charge in [0.05, 0.1) is 13.5 Å². The van der Waals surface area contributed by atoms with Crippen LogP contribution in [0, 0.1) is 0 Å². The third-order valence-electron chi connectivity index (χ3n) is 3.31. The van der Waals surface area contributed by atoms with Crippen molar-refractivity contribution >= 4 is 17.1 Å². The minimum atomic E-state index is -0.280. The van der Waals surface area contributed by atoms with Crippen LogP contribution in [0.4, 0.5) is 0 Å². The first-order valence-corrected chi connectivity index (χ1v) is 6.02. The minimum Gasteiger partial charge on any atom is -0.469 e. The first-order chi connectivity index (χ1) is 9.19. The van der Waals surface area contributed by atoms with Crippen LogP contribution >= 0.6 is 0 Å². The van der Waals surface area contributed by atoms with Crippen LogP contribution in [0.2, 0.25) is 0 Å². The second kappa shape index (κ2) is 5.82. The number of esters is 1. The largest absolute Gasteiger partial charge is 0.469 e. The Morgan fingerprint density at radius 2 is 2.00 bits per heavy atom. The van der Waals surface area contributed by atoms with Gasteiger partial charge < -0.3 is 4.74 Å². The number of hydrogen-bond donors (Lipinski definition) is 1. The molecular weight excluding hydrogens is 244 g/mol. The molecule has 0 radical (unpaired) electrons. The summed E-state index contributed by atoms with van der Waals surface area (Å²) in [4.78, 5) is 15.6. The molecule has 0 atom stereocenters. The number of fused-ring (bicyclic) bond motifs is 1. The van der Waals surface area contributed by atoms with Gasteiger partial charge in [0.15, 0.2) is 0 Å². The summed E-state index contributed by atoms with van der Waals surface area (Å²) in [5, 5.41) is 8.50. The molecule has 0 aromatic heterocycles. The van der Waals surface area contributed by atoms with Gasteiger partial charge in [-0.2, -0.15) is 0 Å². The first-order valence-electron chi connectivity index (χ1n) is 6.02. The van der Waals surface area contributed by atoms with Crippen LogP contribution in [-0.2, 0) is 14.4 Å². The molecule has 0 spiro atoms. The lowest BCUT2D eigenvalue weighted by Gasteiger charge is -2.06. The molecule has 4 nitrogen and oxygen atoms in total. The summed E-state index contributed by atoms with van der Waals surface area (Å²) in [5.41, 5.74) is 5.06. The average Bonchev–Trinajstić information content (AvgIpc) is 2.70. The Bertz CT molecular complexity index is 555. The summed E-state index contributed by atoms with van der Waals surface area (Å²) in [7, 11) is 1.38. The summed E-state index contributed by atoms with van der Waals surface area (Å²) in [6.07, 6.45) is 1.99. The van der Waals surface area contributed by atoms with E-state index in [2.05, 4.69) is 4.89 Å². The molecule has 0 saturated heterocycles. The molecule has 0 saturated carbocycles. The predicted octanol–water partition coefficient (Wildman–Crippen LogP) is 2.91. The Balaban J connectivity index is 2.45. The number of carbonyl (C=O) groups is 1. The fraction of sp³-hybridized carbons (Fsp3) is 0.267. The molecule has 4 heteroatoms. The van der Waals surface area contributed by atoms with Crippen LogP contribution < -0.4 is 0 Å². The Morgan fingerprint density at radius 1 is 1.32 bits per heavy atom. The van der Waals surface area contributed by atoms with Crippen LogP contribution in [0.15, 0.2) is 35.9 Å². The van der Waals surface area contributed by atoms with Gasteiger partial charge in [-0.3, -0.25) is 10.1 Å². The first kappa shape index (κ1) is 13.5. The maximum atomic E-state index is 11.5. The van der Waals surface area contributed by atoms with Gasteiger partial charge >= 0.3 is 5.97 Å². The molecule has 1 aliphatic rings. The number of hydrogen-bond acceptors (Lipinski definition) is 4. The van der Waals surface area contributed by atoms with Gasteiger partial charge in [-0.1, -0.05) is 24.3 Å². The zero-order valence-corrected chi connectivity index (χ0v) is 11.0. The highest BCUT2D eigenvalue weighted by Crippen LogP contribution is 2.42. The lowest BCUT2D eigenvalue weighted by molar-refractivity contribution is -0.231. The average molecular weight is 260 g/mol. The minimum absolute atomic E-state index is 0.0849. The smallest absolute Gasteiger partial charge is 0.310 e. The topological polar surface area (TPSA) is 55.8 Å². The number of rotatable bonds is 4. The SMILES string of the molecule is COC(=O)CC1=C(C)c2ccccc2/C1=C\COO. The monoisotopic (exact) mass is 260 g/mol. The van der Waals surface area contributed by atoms with Gasteiger partial charge in [0.1, 0.15) is 6.61 Å². The summed E-state index contributed by atoms with van der Waals surface area (Å²) in [5.74, 6) is -0.280. The second-order valence-corrected chi connectivity index (χ2v) is 4.32. The van der Waals surface area contributed by atoms with Gasteiger partial charge in [-0.15, -0.1) is 0 Å². The van der Waals surface area contributed by atoms with Crippen molar-refractivity contribution < 1.29 is 19.7 Å². The summed E-state index contributed by atoms with van der Waals surface area (Å²) in [6, 6.07) is 7.92. The van der Waals surface area contributed by atoms with E-state index in [1.165, 1.54) is 7.11 Å². The van der Waals surface area contributed by atoms with Crippen molar-refractivity contribution in [1.82, 2.24) is 0 Å². The highest BCUT2D eigenvalue weighted by Gasteiger charge is 2.24. The Labute approximate surface area is 111 Å². The van der Waals surface area contributed by atoms with Crippen molar-refractivity contribution in [2.45, 2.75) is 13.3 Å². The summed E-state index contributed by atoms with van der Waals surface area (Å²) in [6.45, 7) is 2.07. The van der Waals surface area contributed by atoms with Gasteiger partial charge in [0.25, 0.3) is 0 Å². The highest BCUT2D eigenvalue weighted by atomic mass is 17.1. The third-order valence-corrected chi connectivity index (χ3v) is 3.31. The van der Waals surface area contributed by atoms with E-state index in [-0.39, 0.29) is 19.0 Å². The number of allylic oxidation sites excluding steroid dienone is 2. The summed E-state index contributed by atoms with van der Waals surface area (Å²) < 4.78 is 4.73. The molecule has 0 amide bonds. The molecular formula is C15H16O4. The van der Waals surface area contributed by atoms with E-state index in [1.807, 2.05) is 31.2 Å². The van der Waals surface area contributed by atoms with Gasteiger partial charge in [0, 0.05) is 0 Å². The predicted molar refractivity (Wildman–Crippen MR) is 72.2 cm³/mol. The quantitative estimate of drug-likeness (QED) is 0.514. The molecule has 0 fully saturated rings. The lowest BCUT2D eigenvalue weighted by atomic mass is 10.0. The van der Waals surface area contributed by atoms with Crippen molar-refractivity contribution in [2.24, 2.45) is 0 Å². The van der Waals surface area contributed by atoms with E-state index in [4.69, 9.17) is 9.99 Å². The fourth-order valence-electron chi connectivity index (χ4n) is 2.37. The van der Waals surface area contributed by atoms with Crippen molar-refractivity contribution in [3.63, 3.8) is 0 Å². The molecule has 19 heavy (non-hydrogen) atoms. The van der Waals surface area contributed by atoms with Gasteiger partial charge in [0.2, 0.25) is 0 Å². The maximum absolute atomic E-state index is 11.5. The van der Waals surface area contributed by atoms with E-state index >= 15 is 0 Å². The molecule has 1 aromatic rings. The third kappa shape index (κ3) is 2.59. The van der Waals surface area contributed by atoms with Crippen LogP contribution in [-0.4, -0.2) is 24.9 Å². The molecule has 100 valence electrons. The normalized spacial score (nSPS) is 15.8. The van der Waals surface area contributed by atoms with Crippen LogP contribution in [0.5, 0.6) is 0 Å². The van der Waals surface area contributed by atoms with Crippen LogP contribution in [0.1, 0.15) is 24.5 Å². The number of carbonyl (C=O) groups excluding carboxylic acids is 1. The van der Waals surface area contributed by atoms with E-state index in [9.17, 15) is 4.79 Å². The van der Waals surface area contributed by atoms with E-state index in [1.54, 1.807) is 6.08 Å². The molecule has 1 aromatic carbocycles. The molecule has 1 N–H and O–H groups in total. The molecule has 2 rings (SSSR count). The Morgan fingerprint density at radius 3 is 2.63 bits per heavy atom. The van der Waals surface area contributed by atoms with E-state index in [0.29, 0.717) is 0 Å². The highest BCUT2D eigenvalue weighted by molar-refractivity contribution is 6.02. The number of benzene rings is 1. The van der Waals surface area contributed by atoms with Gasteiger partial charge in [-0.05, 0) is 40.8 Å². The van der Waals surface area contributed by atoms with Gasteiger partial charge in [-0.25, -0.2) is 4.89 Å². The molecule has 0 bridgehead atoms. The second-order valence-electron chi connectivity index (χ2n) is 4.32. The maximum Gasteiger partial charge on any atom is 0.310 e. The molecule has 0 heterocycles. The molecule has 0 aliphatic heterocycles. The molecule has 1 aliphatic carbocycles. The van der Waals surface area contributed by atoms with Crippen molar-refractivity contribution in [2.75, 3.05) is 13.7 Å². The standard InChI is InChI=1S/C15H16O4/c1-10-11-5-3-4-6-12(11)13(7-8-19-17)14(10)9-15(16)18-2/h3-7,17H,8-9H2,1-2H3/b13-7+. The van der Waals surface area contributed by atoms with Crippen LogP contribution in [0.3, 0.4) is 0 Å². The molecule has 0 unspecified atom stereocenters. The number of ether oxygens (including phenoxy) is 1. The Kier molecular flexibility index (Phi) is 4.14. The Hall–Kier alpha value is -1.91.